The molecule has 1 aromatic carbocycles. The van der Waals surface area contributed by atoms with E-state index in [0.29, 0.717) is 18.4 Å². The first-order valence-electron chi connectivity index (χ1n) is 6.62. The van der Waals surface area contributed by atoms with Crippen LogP contribution in [0, 0.1) is 0 Å². The molecule has 1 aliphatic heterocycles. The van der Waals surface area contributed by atoms with Gasteiger partial charge in [-0.15, -0.1) is 0 Å². The highest BCUT2D eigenvalue weighted by Gasteiger charge is 2.25. The summed E-state index contributed by atoms with van der Waals surface area (Å²) >= 11 is 0. The molecular formula is C14H16N2O3S. The Balaban J connectivity index is 1.75. The lowest BCUT2D eigenvalue weighted by Crippen LogP contribution is -2.40. The van der Waals surface area contributed by atoms with Crippen molar-refractivity contribution in [3.63, 3.8) is 0 Å². The molecule has 0 atom stereocenters. The maximum Gasteiger partial charge on any atom is 0.253 e. The van der Waals surface area contributed by atoms with Crippen molar-refractivity contribution in [2.45, 2.75) is 18.9 Å². The molecule has 1 amide bonds. The molecule has 1 aliphatic rings. The third-order valence-electron chi connectivity index (χ3n) is 3.72. The molecule has 1 fully saturated rings. The van der Waals surface area contributed by atoms with E-state index in [9.17, 15) is 13.2 Å². The number of sulfone groups is 1. The highest BCUT2D eigenvalue weighted by atomic mass is 32.2. The Labute approximate surface area is 117 Å². The number of rotatable bonds is 2. The first kappa shape index (κ1) is 13.2. The quantitative estimate of drug-likeness (QED) is 0.880. The van der Waals surface area contributed by atoms with Crippen molar-refractivity contribution in [3.8, 4) is 0 Å². The van der Waals surface area contributed by atoms with Crippen LogP contribution in [0.4, 0.5) is 0 Å². The van der Waals surface area contributed by atoms with Crippen LogP contribution in [0.2, 0.25) is 0 Å². The number of fused-ring (bicyclic) bond motifs is 1. The standard InChI is InChI=1S/C14H16N2O3S/c17-14(16-11-5-8-20(18,19)9-6-11)12-3-1-2-10-4-7-15-13(10)12/h1-4,7,11,15H,5-6,8-9H2,(H,16,17). The number of carbonyl (C=O) groups excluding carboxylic acids is 1. The van der Waals surface area contributed by atoms with Crippen molar-refractivity contribution in [3.05, 3.63) is 36.0 Å². The molecule has 1 saturated heterocycles. The largest absolute Gasteiger partial charge is 0.361 e. The minimum atomic E-state index is -2.90. The number of nitrogens with one attached hydrogen (secondary N) is 2. The third-order valence-corrected chi connectivity index (χ3v) is 5.44. The Bertz CT molecular complexity index is 735. The minimum absolute atomic E-state index is 0.0590. The van der Waals surface area contributed by atoms with E-state index in [-0.39, 0.29) is 23.5 Å². The van der Waals surface area contributed by atoms with E-state index in [1.54, 1.807) is 12.3 Å². The van der Waals surface area contributed by atoms with Gasteiger partial charge in [0.2, 0.25) is 0 Å². The van der Waals surface area contributed by atoms with Crippen LogP contribution >= 0.6 is 0 Å². The first-order valence-corrected chi connectivity index (χ1v) is 8.45. The molecule has 0 saturated carbocycles. The van der Waals surface area contributed by atoms with Gasteiger partial charge in [-0.3, -0.25) is 4.79 Å². The van der Waals surface area contributed by atoms with E-state index >= 15 is 0 Å². The molecule has 2 heterocycles. The molecule has 2 N–H and O–H groups in total. The lowest BCUT2D eigenvalue weighted by atomic mass is 10.1. The van der Waals surface area contributed by atoms with Gasteiger partial charge in [0.1, 0.15) is 9.84 Å². The zero-order valence-electron chi connectivity index (χ0n) is 10.9. The zero-order valence-corrected chi connectivity index (χ0v) is 11.7. The number of para-hydroxylation sites is 1. The van der Waals surface area contributed by atoms with Crippen molar-refractivity contribution in [1.29, 1.82) is 0 Å². The van der Waals surface area contributed by atoms with Gasteiger partial charge in [-0.2, -0.15) is 0 Å². The Hall–Kier alpha value is -1.82. The lowest BCUT2D eigenvalue weighted by Gasteiger charge is -2.23. The van der Waals surface area contributed by atoms with Gasteiger partial charge in [0.15, 0.2) is 0 Å². The maximum atomic E-state index is 12.3. The maximum absolute atomic E-state index is 12.3. The monoisotopic (exact) mass is 292 g/mol. The van der Waals surface area contributed by atoms with E-state index in [0.717, 1.165) is 10.9 Å². The van der Waals surface area contributed by atoms with Crippen molar-refractivity contribution < 1.29 is 13.2 Å². The van der Waals surface area contributed by atoms with Crippen molar-refractivity contribution in [2.24, 2.45) is 0 Å². The van der Waals surface area contributed by atoms with Gasteiger partial charge in [-0.25, -0.2) is 8.42 Å². The first-order chi connectivity index (χ1) is 9.55. The minimum Gasteiger partial charge on any atom is -0.361 e. The second-order valence-corrected chi connectivity index (χ2v) is 7.45. The van der Waals surface area contributed by atoms with Crippen LogP contribution in [0.25, 0.3) is 10.9 Å². The van der Waals surface area contributed by atoms with Crippen LogP contribution in [-0.4, -0.2) is 36.9 Å². The number of aromatic nitrogens is 1. The summed E-state index contributed by atoms with van der Waals surface area (Å²) in [5, 5.41) is 3.92. The van der Waals surface area contributed by atoms with Crippen LogP contribution < -0.4 is 5.32 Å². The number of hydrogen-bond donors (Lipinski definition) is 2. The van der Waals surface area contributed by atoms with Crippen LogP contribution in [-0.2, 0) is 9.84 Å². The van der Waals surface area contributed by atoms with Gasteiger partial charge < -0.3 is 10.3 Å². The van der Waals surface area contributed by atoms with Gasteiger partial charge in [-0.1, -0.05) is 12.1 Å². The summed E-state index contributed by atoms with van der Waals surface area (Å²) in [7, 11) is -2.90. The molecule has 5 nitrogen and oxygen atoms in total. The van der Waals surface area contributed by atoms with E-state index in [4.69, 9.17) is 0 Å². The average Bonchev–Trinajstić information content (AvgIpc) is 2.89. The second kappa shape index (κ2) is 4.94. The van der Waals surface area contributed by atoms with Crippen LogP contribution in [0.3, 0.4) is 0 Å². The molecule has 3 rings (SSSR count). The number of hydrogen-bond acceptors (Lipinski definition) is 3. The molecular weight excluding hydrogens is 276 g/mol. The summed E-state index contributed by atoms with van der Waals surface area (Å²) in [5.41, 5.74) is 1.41. The van der Waals surface area contributed by atoms with Gasteiger partial charge in [0.05, 0.1) is 22.6 Å². The van der Waals surface area contributed by atoms with E-state index in [1.807, 2.05) is 18.2 Å². The van der Waals surface area contributed by atoms with Crippen molar-refractivity contribution in [2.75, 3.05) is 11.5 Å². The summed E-state index contributed by atoms with van der Waals surface area (Å²) in [5.74, 6) is 0.164. The third kappa shape index (κ3) is 2.56. The number of carbonyl (C=O) groups is 1. The molecule has 0 aliphatic carbocycles. The molecule has 0 spiro atoms. The van der Waals surface area contributed by atoms with Crippen LogP contribution in [0.5, 0.6) is 0 Å². The lowest BCUT2D eigenvalue weighted by molar-refractivity contribution is 0.0936. The molecule has 106 valence electrons. The van der Waals surface area contributed by atoms with Crippen LogP contribution in [0.15, 0.2) is 30.5 Å². The number of H-pyrrole nitrogens is 1. The number of amides is 1. The summed E-state index contributed by atoms with van der Waals surface area (Å²) in [6.07, 6.45) is 2.79. The fourth-order valence-corrected chi connectivity index (χ4v) is 4.06. The normalized spacial score (nSPS) is 19.0. The smallest absolute Gasteiger partial charge is 0.253 e. The van der Waals surface area contributed by atoms with Crippen molar-refractivity contribution in [1.82, 2.24) is 10.3 Å². The van der Waals surface area contributed by atoms with Gasteiger partial charge >= 0.3 is 0 Å². The molecule has 1 aromatic heterocycles. The van der Waals surface area contributed by atoms with E-state index in [1.165, 1.54) is 0 Å². The fourth-order valence-electron chi connectivity index (χ4n) is 2.57. The highest BCUT2D eigenvalue weighted by molar-refractivity contribution is 7.91. The van der Waals surface area contributed by atoms with Crippen molar-refractivity contribution >= 4 is 26.6 Å². The van der Waals surface area contributed by atoms with Gasteiger partial charge in [0.25, 0.3) is 5.91 Å². The zero-order chi connectivity index (χ0) is 14.2. The topological polar surface area (TPSA) is 79.0 Å². The fraction of sp³-hybridized carbons (Fsp3) is 0.357. The Morgan fingerprint density at radius 3 is 2.70 bits per heavy atom. The summed E-state index contributed by atoms with van der Waals surface area (Å²) in [6.45, 7) is 0. The molecule has 20 heavy (non-hydrogen) atoms. The SMILES string of the molecule is O=C(NC1CCS(=O)(=O)CC1)c1cccc2cc[nH]c12. The van der Waals surface area contributed by atoms with Gasteiger partial charge in [-0.05, 0) is 25.0 Å². The predicted molar refractivity (Wildman–Crippen MR) is 77.4 cm³/mol. The summed E-state index contributed by atoms with van der Waals surface area (Å²) < 4.78 is 22.7. The predicted octanol–water partition coefficient (Wildman–Crippen LogP) is 1.47. The molecule has 0 bridgehead atoms. The molecule has 0 unspecified atom stereocenters. The highest BCUT2D eigenvalue weighted by Crippen LogP contribution is 2.18. The van der Waals surface area contributed by atoms with E-state index < -0.39 is 9.84 Å². The molecule has 2 aromatic rings. The number of benzene rings is 1. The average molecular weight is 292 g/mol. The molecule has 0 radical (unpaired) electrons. The second-order valence-electron chi connectivity index (χ2n) is 5.15. The van der Waals surface area contributed by atoms with Gasteiger partial charge in [0, 0.05) is 17.6 Å². The Morgan fingerprint density at radius 2 is 1.95 bits per heavy atom. The Kier molecular flexibility index (Phi) is 3.25. The summed E-state index contributed by atoms with van der Waals surface area (Å²) in [6, 6.07) is 7.41. The summed E-state index contributed by atoms with van der Waals surface area (Å²) in [4.78, 5) is 15.4. The van der Waals surface area contributed by atoms with Crippen LogP contribution in [0.1, 0.15) is 23.2 Å². The van der Waals surface area contributed by atoms with E-state index in [2.05, 4.69) is 10.3 Å². The molecule has 6 heteroatoms. The Morgan fingerprint density at radius 1 is 1.20 bits per heavy atom. The number of aromatic amines is 1.